The molecule has 0 saturated heterocycles. The lowest BCUT2D eigenvalue weighted by Crippen LogP contribution is -2.39. The average molecular weight is 361 g/mol. The number of nitrogens with one attached hydrogen (secondary N) is 1. The molecule has 0 heterocycles. The molecule has 0 aliphatic rings. The largest absolute Gasteiger partial charge is 0.331 e. The second-order valence-corrected chi connectivity index (χ2v) is 6.34. The fourth-order valence-corrected chi connectivity index (χ4v) is 2.69. The van der Waals surface area contributed by atoms with Crippen molar-refractivity contribution in [1.82, 2.24) is 10.2 Å². The van der Waals surface area contributed by atoms with Crippen molar-refractivity contribution in [3.8, 4) is 0 Å². The van der Waals surface area contributed by atoms with Gasteiger partial charge >= 0.3 is 6.03 Å². The van der Waals surface area contributed by atoms with Crippen LogP contribution < -0.4 is 5.32 Å². The zero-order valence-electron chi connectivity index (χ0n) is 13.1. The monoisotopic (exact) mass is 360 g/mol. The summed E-state index contributed by atoms with van der Waals surface area (Å²) in [6, 6.07) is 17.9. The third-order valence-electron chi connectivity index (χ3n) is 3.87. The molecule has 22 heavy (non-hydrogen) atoms. The Labute approximate surface area is 140 Å². The van der Waals surface area contributed by atoms with E-state index in [-0.39, 0.29) is 18.1 Å². The van der Waals surface area contributed by atoms with Crippen molar-refractivity contribution in [3.63, 3.8) is 0 Å². The summed E-state index contributed by atoms with van der Waals surface area (Å²) in [5.74, 6) is 0. The van der Waals surface area contributed by atoms with Gasteiger partial charge in [0.15, 0.2) is 0 Å². The van der Waals surface area contributed by atoms with E-state index in [0.717, 1.165) is 15.6 Å². The van der Waals surface area contributed by atoms with Gasteiger partial charge in [-0.3, -0.25) is 0 Å². The number of amides is 2. The summed E-state index contributed by atoms with van der Waals surface area (Å²) < 4.78 is 1.01. The molecular formula is C18H21BrN2O. The van der Waals surface area contributed by atoms with E-state index in [9.17, 15) is 4.79 Å². The van der Waals surface area contributed by atoms with E-state index in [1.54, 1.807) is 4.90 Å². The maximum Gasteiger partial charge on any atom is 0.318 e. The maximum absolute atomic E-state index is 12.4. The molecule has 4 heteroatoms. The molecule has 2 amide bonds. The van der Waals surface area contributed by atoms with Crippen LogP contribution in [0.1, 0.15) is 37.1 Å². The van der Waals surface area contributed by atoms with E-state index < -0.39 is 0 Å². The summed E-state index contributed by atoms with van der Waals surface area (Å²) in [7, 11) is 1.82. The minimum atomic E-state index is -0.0798. The Morgan fingerprint density at radius 1 is 1.05 bits per heavy atom. The van der Waals surface area contributed by atoms with Gasteiger partial charge in [-0.2, -0.15) is 0 Å². The van der Waals surface area contributed by atoms with Crippen LogP contribution in [-0.4, -0.2) is 18.0 Å². The Kier molecular flexibility index (Phi) is 5.61. The van der Waals surface area contributed by atoms with E-state index >= 15 is 0 Å². The summed E-state index contributed by atoms with van der Waals surface area (Å²) in [4.78, 5) is 14.2. The highest BCUT2D eigenvalue weighted by Crippen LogP contribution is 2.21. The number of nitrogens with zero attached hydrogens (tertiary/aromatic N) is 1. The molecule has 3 nitrogen and oxygen atoms in total. The zero-order chi connectivity index (χ0) is 16.1. The van der Waals surface area contributed by atoms with Crippen LogP contribution in [0, 0.1) is 0 Å². The SMILES string of the molecule is C[C@H](NC(=O)N(C)[C@@H](C)c1ccccc1)c1cccc(Br)c1. The number of benzene rings is 2. The maximum atomic E-state index is 12.4. The van der Waals surface area contributed by atoms with Gasteiger partial charge in [0.05, 0.1) is 12.1 Å². The van der Waals surface area contributed by atoms with Gasteiger partial charge in [-0.05, 0) is 37.1 Å². The first-order valence-corrected chi connectivity index (χ1v) is 8.12. The van der Waals surface area contributed by atoms with Crippen LogP contribution in [0.3, 0.4) is 0 Å². The lowest BCUT2D eigenvalue weighted by molar-refractivity contribution is 0.191. The highest BCUT2D eigenvalue weighted by atomic mass is 79.9. The minimum Gasteiger partial charge on any atom is -0.331 e. The normalized spacial score (nSPS) is 13.3. The Bertz CT molecular complexity index is 630. The van der Waals surface area contributed by atoms with Crippen LogP contribution in [0.15, 0.2) is 59.1 Å². The molecule has 1 N–H and O–H groups in total. The number of carbonyl (C=O) groups is 1. The van der Waals surface area contributed by atoms with Crippen LogP contribution in [-0.2, 0) is 0 Å². The van der Waals surface area contributed by atoms with Crippen molar-refractivity contribution < 1.29 is 4.79 Å². The van der Waals surface area contributed by atoms with Crippen molar-refractivity contribution in [3.05, 3.63) is 70.2 Å². The number of urea groups is 1. The van der Waals surface area contributed by atoms with Gasteiger partial charge in [-0.25, -0.2) is 4.79 Å². The Morgan fingerprint density at radius 2 is 1.68 bits per heavy atom. The summed E-state index contributed by atoms with van der Waals surface area (Å²) >= 11 is 3.46. The van der Waals surface area contributed by atoms with Gasteiger partial charge in [-0.15, -0.1) is 0 Å². The molecule has 0 bridgehead atoms. The van der Waals surface area contributed by atoms with Crippen molar-refractivity contribution in [1.29, 1.82) is 0 Å². The van der Waals surface area contributed by atoms with Crippen molar-refractivity contribution in [2.45, 2.75) is 25.9 Å². The molecule has 0 spiro atoms. The summed E-state index contributed by atoms with van der Waals surface area (Å²) in [6.45, 7) is 4.01. The lowest BCUT2D eigenvalue weighted by Gasteiger charge is -2.27. The molecule has 116 valence electrons. The second kappa shape index (κ2) is 7.45. The highest BCUT2D eigenvalue weighted by molar-refractivity contribution is 9.10. The van der Waals surface area contributed by atoms with Crippen molar-refractivity contribution >= 4 is 22.0 Å². The molecule has 0 radical (unpaired) electrons. The van der Waals surface area contributed by atoms with Gasteiger partial charge in [0, 0.05) is 11.5 Å². The zero-order valence-corrected chi connectivity index (χ0v) is 14.7. The molecular weight excluding hydrogens is 340 g/mol. The highest BCUT2D eigenvalue weighted by Gasteiger charge is 2.19. The number of hydrogen-bond donors (Lipinski definition) is 1. The first-order chi connectivity index (χ1) is 10.5. The van der Waals surface area contributed by atoms with E-state index in [1.807, 2.05) is 75.5 Å². The molecule has 0 aromatic heterocycles. The summed E-state index contributed by atoms with van der Waals surface area (Å²) in [5, 5.41) is 3.04. The van der Waals surface area contributed by atoms with Gasteiger partial charge < -0.3 is 10.2 Å². The van der Waals surface area contributed by atoms with E-state index in [1.165, 1.54) is 0 Å². The fourth-order valence-electron chi connectivity index (χ4n) is 2.28. The molecule has 0 aliphatic heterocycles. The summed E-state index contributed by atoms with van der Waals surface area (Å²) in [5.41, 5.74) is 2.19. The summed E-state index contributed by atoms with van der Waals surface area (Å²) in [6.07, 6.45) is 0. The Balaban J connectivity index is 2.02. The smallest absolute Gasteiger partial charge is 0.318 e. The molecule has 2 rings (SSSR count). The molecule has 2 atom stereocenters. The lowest BCUT2D eigenvalue weighted by atomic mass is 10.1. The second-order valence-electron chi connectivity index (χ2n) is 5.42. The van der Waals surface area contributed by atoms with Crippen LogP contribution in [0.4, 0.5) is 4.79 Å². The first-order valence-electron chi connectivity index (χ1n) is 7.32. The molecule has 0 unspecified atom stereocenters. The van der Waals surface area contributed by atoms with Gasteiger partial charge in [0.25, 0.3) is 0 Å². The quantitative estimate of drug-likeness (QED) is 0.824. The van der Waals surface area contributed by atoms with Gasteiger partial charge in [0.2, 0.25) is 0 Å². The predicted octanol–water partition coefficient (Wildman–Crippen LogP) is 4.91. The third-order valence-corrected chi connectivity index (χ3v) is 4.37. The van der Waals surface area contributed by atoms with Crippen LogP contribution in [0.2, 0.25) is 0 Å². The number of rotatable bonds is 4. The third kappa shape index (κ3) is 4.10. The number of hydrogen-bond acceptors (Lipinski definition) is 1. The van der Waals surface area contributed by atoms with Gasteiger partial charge in [-0.1, -0.05) is 58.4 Å². The van der Waals surface area contributed by atoms with Crippen molar-refractivity contribution in [2.24, 2.45) is 0 Å². The molecule has 0 fully saturated rings. The molecule has 0 saturated carbocycles. The Morgan fingerprint density at radius 3 is 2.32 bits per heavy atom. The van der Waals surface area contributed by atoms with E-state index in [2.05, 4.69) is 21.2 Å². The predicted molar refractivity (Wildman–Crippen MR) is 93.7 cm³/mol. The standard InChI is InChI=1S/C18H21BrN2O/c1-13(16-10-7-11-17(19)12-16)20-18(22)21(3)14(2)15-8-5-4-6-9-15/h4-14H,1-3H3,(H,20,22)/t13-,14-/m0/s1. The van der Waals surface area contributed by atoms with Crippen LogP contribution >= 0.6 is 15.9 Å². The molecule has 2 aromatic carbocycles. The topological polar surface area (TPSA) is 32.3 Å². The average Bonchev–Trinajstić information content (AvgIpc) is 2.54. The fraction of sp³-hybridized carbons (Fsp3) is 0.278. The molecule has 0 aliphatic carbocycles. The Hall–Kier alpha value is -1.81. The van der Waals surface area contributed by atoms with Crippen LogP contribution in [0.5, 0.6) is 0 Å². The van der Waals surface area contributed by atoms with E-state index in [4.69, 9.17) is 0 Å². The van der Waals surface area contributed by atoms with Gasteiger partial charge in [0.1, 0.15) is 0 Å². The minimum absolute atomic E-state index is 0.0240. The number of carbonyl (C=O) groups excluding carboxylic acids is 1. The number of halogens is 1. The van der Waals surface area contributed by atoms with Crippen LogP contribution in [0.25, 0.3) is 0 Å². The van der Waals surface area contributed by atoms with Crippen molar-refractivity contribution in [2.75, 3.05) is 7.05 Å². The first kappa shape index (κ1) is 16.6. The van der Waals surface area contributed by atoms with E-state index in [0.29, 0.717) is 0 Å². The molecule has 2 aromatic rings.